The highest BCUT2D eigenvalue weighted by molar-refractivity contribution is 6.39. The topological polar surface area (TPSA) is 91.6 Å². The number of halogens is 1. The molecule has 1 heterocycles. The summed E-state index contributed by atoms with van der Waals surface area (Å²) >= 11 is 0. The van der Waals surface area contributed by atoms with Crippen molar-refractivity contribution in [3.8, 4) is 11.3 Å². The molecule has 0 fully saturated rings. The summed E-state index contributed by atoms with van der Waals surface area (Å²) in [5.74, 6) is -1.94. The van der Waals surface area contributed by atoms with Gasteiger partial charge >= 0.3 is 11.8 Å². The van der Waals surface area contributed by atoms with Crippen LogP contribution >= 0.6 is 0 Å². The molecule has 0 saturated carbocycles. The average molecular weight is 348 g/mol. The van der Waals surface area contributed by atoms with Gasteiger partial charge in [-0.3, -0.25) is 9.59 Å². The van der Waals surface area contributed by atoms with Gasteiger partial charge in [0, 0.05) is 12.1 Å². The van der Waals surface area contributed by atoms with Crippen LogP contribution in [0.4, 0.5) is 10.1 Å². The molecule has 2 rings (SSSR count). The van der Waals surface area contributed by atoms with E-state index < -0.39 is 23.7 Å². The van der Waals surface area contributed by atoms with Crippen LogP contribution in [0.1, 0.15) is 20.3 Å². The van der Waals surface area contributed by atoms with Gasteiger partial charge in [-0.25, -0.2) is 4.39 Å². The van der Waals surface area contributed by atoms with Gasteiger partial charge in [0.15, 0.2) is 0 Å². The third-order valence-electron chi connectivity index (χ3n) is 3.58. The van der Waals surface area contributed by atoms with E-state index in [-0.39, 0.29) is 18.2 Å². The van der Waals surface area contributed by atoms with Crippen molar-refractivity contribution in [3.63, 3.8) is 0 Å². The second-order valence-electron chi connectivity index (χ2n) is 6.03. The molecule has 0 radical (unpaired) electrons. The molecule has 2 amide bonds. The fourth-order valence-corrected chi connectivity index (χ4v) is 2.41. The molecule has 3 N–H and O–H groups in total. The number of furan rings is 1. The van der Waals surface area contributed by atoms with Crippen LogP contribution in [-0.4, -0.2) is 29.6 Å². The number of carbonyl (C=O) groups is 2. The van der Waals surface area contributed by atoms with Crippen molar-refractivity contribution in [2.45, 2.75) is 26.4 Å². The molecule has 0 saturated heterocycles. The zero-order valence-electron chi connectivity index (χ0n) is 14.1. The van der Waals surface area contributed by atoms with Crippen LogP contribution in [-0.2, 0) is 9.59 Å². The molecule has 0 aliphatic carbocycles. The van der Waals surface area contributed by atoms with Crippen molar-refractivity contribution in [2.75, 3.05) is 11.9 Å². The highest BCUT2D eigenvalue weighted by Gasteiger charge is 2.17. The summed E-state index contributed by atoms with van der Waals surface area (Å²) in [6.07, 6.45) is 1.50. The number of nitrogens with one attached hydrogen (secondary N) is 2. The molecule has 25 heavy (non-hydrogen) atoms. The molecule has 0 aliphatic rings. The molecule has 7 heteroatoms. The number of rotatable bonds is 6. The molecule has 0 bridgehead atoms. The summed E-state index contributed by atoms with van der Waals surface area (Å²) in [5, 5.41) is 14.0. The minimum atomic E-state index is -0.959. The van der Waals surface area contributed by atoms with Gasteiger partial charge in [-0.2, -0.15) is 0 Å². The van der Waals surface area contributed by atoms with Crippen LogP contribution in [0.15, 0.2) is 41.0 Å². The molecule has 1 aromatic carbocycles. The van der Waals surface area contributed by atoms with Crippen molar-refractivity contribution in [1.82, 2.24) is 5.32 Å². The lowest BCUT2D eigenvalue weighted by Crippen LogP contribution is -2.38. The maximum absolute atomic E-state index is 13.9. The first-order chi connectivity index (χ1) is 11.9. The summed E-state index contributed by atoms with van der Waals surface area (Å²) in [6.45, 7) is 3.74. The Hall–Kier alpha value is -2.67. The predicted molar refractivity (Wildman–Crippen MR) is 91.2 cm³/mol. The maximum Gasteiger partial charge on any atom is 0.313 e. The van der Waals surface area contributed by atoms with E-state index in [1.54, 1.807) is 19.1 Å². The van der Waals surface area contributed by atoms with Crippen molar-refractivity contribution in [3.05, 3.63) is 42.4 Å². The predicted octanol–water partition coefficient (Wildman–Crippen LogP) is 2.55. The molecule has 2 atom stereocenters. The molecular weight excluding hydrogens is 327 g/mol. The zero-order chi connectivity index (χ0) is 18.4. The number of aliphatic hydroxyl groups is 1. The van der Waals surface area contributed by atoms with E-state index in [0.717, 1.165) is 0 Å². The summed E-state index contributed by atoms with van der Waals surface area (Å²) in [4.78, 5) is 23.8. The van der Waals surface area contributed by atoms with E-state index in [4.69, 9.17) is 4.42 Å². The van der Waals surface area contributed by atoms with E-state index in [1.807, 2.05) is 6.92 Å². The van der Waals surface area contributed by atoms with Gasteiger partial charge in [0.1, 0.15) is 11.6 Å². The van der Waals surface area contributed by atoms with Gasteiger partial charge in [-0.05, 0) is 49.6 Å². The second-order valence-corrected chi connectivity index (χ2v) is 6.03. The smallest absolute Gasteiger partial charge is 0.313 e. The van der Waals surface area contributed by atoms with E-state index in [0.29, 0.717) is 17.7 Å². The Kier molecular flexibility index (Phi) is 6.30. The van der Waals surface area contributed by atoms with Crippen molar-refractivity contribution < 1.29 is 23.5 Å². The minimum Gasteiger partial charge on any atom is -0.464 e. The van der Waals surface area contributed by atoms with Gasteiger partial charge < -0.3 is 20.2 Å². The fourth-order valence-electron chi connectivity index (χ4n) is 2.41. The molecule has 6 nitrogen and oxygen atoms in total. The Balaban J connectivity index is 1.98. The number of hydrogen-bond donors (Lipinski definition) is 3. The average Bonchev–Trinajstić information content (AvgIpc) is 3.08. The Morgan fingerprint density at radius 2 is 2.00 bits per heavy atom. The number of carbonyl (C=O) groups excluding carboxylic acids is 2. The first-order valence-electron chi connectivity index (χ1n) is 7.97. The van der Waals surface area contributed by atoms with Crippen molar-refractivity contribution in [2.24, 2.45) is 5.92 Å². The Labute approximate surface area is 145 Å². The van der Waals surface area contributed by atoms with E-state index in [1.165, 1.54) is 24.5 Å². The van der Waals surface area contributed by atoms with Crippen LogP contribution in [0, 0.1) is 11.7 Å². The lowest BCUT2D eigenvalue weighted by atomic mass is 10.0. The molecule has 0 aliphatic heterocycles. The first kappa shape index (κ1) is 18.7. The Bertz CT molecular complexity index is 729. The summed E-state index contributed by atoms with van der Waals surface area (Å²) in [6, 6.07) is 7.50. The van der Waals surface area contributed by atoms with E-state index in [2.05, 4.69) is 10.6 Å². The van der Waals surface area contributed by atoms with Gasteiger partial charge in [-0.1, -0.05) is 6.92 Å². The third kappa shape index (κ3) is 5.42. The maximum atomic E-state index is 13.9. The second kappa shape index (κ2) is 8.43. The quantitative estimate of drug-likeness (QED) is 0.700. The van der Waals surface area contributed by atoms with Crippen LogP contribution < -0.4 is 10.6 Å². The highest BCUT2D eigenvalue weighted by Crippen LogP contribution is 2.25. The third-order valence-corrected chi connectivity index (χ3v) is 3.58. The zero-order valence-corrected chi connectivity index (χ0v) is 14.1. The summed E-state index contributed by atoms with van der Waals surface area (Å²) in [7, 11) is 0. The van der Waals surface area contributed by atoms with Crippen molar-refractivity contribution in [1.29, 1.82) is 0 Å². The Morgan fingerprint density at radius 3 is 2.64 bits per heavy atom. The Morgan fingerprint density at radius 1 is 1.24 bits per heavy atom. The van der Waals surface area contributed by atoms with E-state index in [9.17, 15) is 19.1 Å². The molecule has 2 aromatic rings. The lowest BCUT2D eigenvalue weighted by molar-refractivity contribution is -0.136. The van der Waals surface area contributed by atoms with Crippen LogP contribution in [0.5, 0.6) is 0 Å². The largest absolute Gasteiger partial charge is 0.464 e. The van der Waals surface area contributed by atoms with Crippen LogP contribution in [0.2, 0.25) is 0 Å². The monoisotopic (exact) mass is 348 g/mol. The molecular formula is C18H21FN2O4. The molecule has 0 spiro atoms. The molecule has 2 unspecified atom stereocenters. The standard InChI is InChI=1S/C18H21FN2O4/c1-11(8-12(2)22)10-20-17(23)18(24)21-15-9-13(5-6-14(15)19)16-4-3-7-25-16/h3-7,9,11-12,22H,8,10H2,1-2H3,(H,20,23)(H,21,24). The number of hydrogen-bond acceptors (Lipinski definition) is 4. The number of anilines is 1. The number of amides is 2. The molecule has 134 valence electrons. The lowest BCUT2D eigenvalue weighted by Gasteiger charge is -2.14. The van der Waals surface area contributed by atoms with Gasteiger partial charge in [0.2, 0.25) is 0 Å². The van der Waals surface area contributed by atoms with Gasteiger partial charge in [-0.15, -0.1) is 0 Å². The first-order valence-corrected chi connectivity index (χ1v) is 7.97. The summed E-state index contributed by atoms with van der Waals surface area (Å²) in [5.41, 5.74) is 0.471. The van der Waals surface area contributed by atoms with Crippen molar-refractivity contribution >= 4 is 17.5 Å². The van der Waals surface area contributed by atoms with Gasteiger partial charge in [0.25, 0.3) is 0 Å². The number of aliphatic hydroxyl groups excluding tert-OH is 1. The molecule has 1 aromatic heterocycles. The normalized spacial score (nSPS) is 13.1. The van der Waals surface area contributed by atoms with E-state index >= 15 is 0 Å². The minimum absolute atomic E-state index is 0.00997. The van der Waals surface area contributed by atoms with Crippen LogP contribution in [0.25, 0.3) is 11.3 Å². The fraction of sp³-hybridized carbons (Fsp3) is 0.333. The highest BCUT2D eigenvalue weighted by atomic mass is 19.1. The SMILES string of the molecule is CC(O)CC(C)CNC(=O)C(=O)Nc1cc(-c2ccco2)ccc1F. The number of benzene rings is 1. The van der Waals surface area contributed by atoms with Gasteiger partial charge in [0.05, 0.1) is 18.1 Å². The summed E-state index contributed by atoms with van der Waals surface area (Å²) < 4.78 is 19.1. The van der Waals surface area contributed by atoms with Crippen LogP contribution in [0.3, 0.4) is 0 Å².